The fourth-order valence-electron chi connectivity index (χ4n) is 0.878. The van der Waals surface area contributed by atoms with Crippen molar-refractivity contribution in [3.05, 3.63) is 35.0 Å². The molecule has 0 aliphatic carbocycles. The molecule has 0 radical (unpaired) electrons. The van der Waals surface area contributed by atoms with E-state index in [0.29, 0.717) is 0 Å². The van der Waals surface area contributed by atoms with Crippen LogP contribution in [0, 0.1) is 0 Å². The Morgan fingerprint density at radius 3 is 3.23 bits per heavy atom. The van der Waals surface area contributed by atoms with Crippen molar-refractivity contribution in [3.8, 4) is 0 Å². The third-order valence-corrected chi connectivity index (χ3v) is 2.26. The van der Waals surface area contributed by atoms with E-state index in [1.165, 1.54) is 6.20 Å². The highest BCUT2D eigenvalue weighted by atomic mass is 32.2. The van der Waals surface area contributed by atoms with Crippen molar-refractivity contribution < 1.29 is 4.39 Å². The molecule has 0 saturated heterocycles. The minimum absolute atomic E-state index is 0.266. The van der Waals surface area contributed by atoms with Crippen molar-refractivity contribution in [2.24, 2.45) is 4.99 Å². The van der Waals surface area contributed by atoms with E-state index in [1.54, 1.807) is 17.8 Å². The Hall–Kier alpha value is -1.03. The average Bonchev–Trinajstić information content (AvgIpc) is 2.65. The maximum Gasteiger partial charge on any atom is 0.175 e. The highest BCUT2D eigenvalue weighted by molar-refractivity contribution is 8.02. The largest absolute Gasteiger partial charge is 0.375 e. The maximum absolute atomic E-state index is 11.4. The molecule has 0 aromatic carbocycles. The van der Waals surface area contributed by atoms with Gasteiger partial charge in [-0.3, -0.25) is 0 Å². The van der Waals surface area contributed by atoms with E-state index in [4.69, 9.17) is 0 Å². The normalized spacial score (nSPS) is 18.3. The van der Waals surface area contributed by atoms with E-state index in [-0.39, 0.29) is 6.47 Å². The molecule has 13 heavy (non-hydrogen) atoms. The first-order valence-electron chi connectivity index (χ1n) is 3.86. The molecule has 1 rings (SSSR count). The summed E-state index contributed by atoms with van der Waals surface area (Å²) in [5.41, 5.74) is 2.24. The first-order valence-corrected chi connectivity index (χ1v) is 4.91. The van der Waals surface area contributed by atoms with Gasteiger partial charge in [0.25, 0.3) is 0 Å². The van der Waals surface area contributed by atoms with Gasteiger partial charge in [0.1, 0.15) is 0 Å². The second-order valence-corrected chi connectivity index (χ2v) is 3.31. The number of hydrogen-bond donors (Lipinski definition) is 1. The van der Waals surface area contributed by atoms with Crippen molar-refractivity contribution in [1.29, 1.82) is 0 Å². The summed E-state index contributed by atoms with van der Waals surface area (Å²) in [4.78, 5) is 3.31. The second-order valence-electron chi connectivity index (χ2n) is 2.46. The number of rotatable bonds is 3. The summed E-state index contributed by atoms with van der Waals surface area (Å²) in [5.74, 6) is 0.923. The van der Waals surface area contributed by atoms with E-state index in [1.807, 2.05) is 13.0 Å². The molecular weight excluding hydrogens is 187 g/mol. The molecule has 1 aliphatic heterocycles. The van der Waals surface area contributed by atoms with E-state index < -0.39 is 0 Å². The van der Waals surface area contributed by atoms with Gasteiger partial charge in [0.05, 0.1) is 5.88 Å². The van der Waals surface area contributed by atoms with Gasteiger partial charge < -0.3 is 5.32 Å². The molecule has 1 N–H and O–H groups in total. The van der Waals surface area contributed by atoms with Gasteiger partial charge in [0.2, 0.25) is 0 Å². The Kier molecular flexibility index (Phi) is 4.32. The summed E-state index contributed by atoms with van der Waals surface area (Å²) in [6.07, 6.45) is 5.00. The van der Waals surface area contributed by atoms with Crippen LogP contribution in [0.1, 0.15) is 6.92 Å². The van der Waals surface area contributed by atoms with Crippen LogP contribution < -0.4 is 5.32 Å². The third kappa shape index (κ3) is 3.46. The predicted molar refractivity (Wildman–Crippen MR) is 56.2 cm³/mol. The summed E-state index contributed by atoms with van der Waals surface area (Å²) in [5, 5.41) is 5.27. The molecule has 0 unspecified atom stereocenters. The molecule has 4 heteroatoms. The molecule has 0 aromatic rings. The van der Waals surface area contributed by atoms with Gasteiger partial charge in [0, 0.05) is 11.9 Å². The van der Waals surface area contributed by atoms with Gasteiger partial charge in [-0.15, -0.1) is 11.8 Å². The molecule has 70 valence electrons. The van der Waals surface area contributed by atoms with Crippen LogP contribution in [0.25, 0.3) is 0 Å². The van der Waals surface area contributed by atoms with Crippen molar-refractivity contribution in [3.63, 3.8) is 0 Å². The van der Waals surface area contributed by atoms with Gasteiger partial charge in [-0.05, 0) is 24.0 Å². The molecule has 0 amide bonds. The number of nitrogens with zero attached hydrogens (tertiary/aromatic N) is 1. The minimum Gasteiger partial charge on any atom is -0.375 e. The van der Waals surface area contributed by atoms with Gasteiger partial charge in [-0.1, -0.05) is 6.08 Å². The number of halogens is 1. The number of allylic oxidation sites excluding steroid dienone is 3. The summed E-state index contributed by atoms with van der Waals surface area (Å²) < 4.78 is 11.4. The lowest BCUT2D eigenvalue weighted by molar-refractivity contribution is 0.841. The van der Waals surface area contributed by atoms with Crippen LogP contribution in [0.5, 0.6) is 0 Å². The first kappa shape index (κ1) is 10.1. The topological polar surface area (TPSA) is 24.4 Å². The van der Waals surface area contributed by atoms with Crippen molar-refractivity contribution in [1.82, 2.24) is 5.32 Å². The van der Waals surface area contributed by atoms with Crippen LogP contribution >= 0.6 is 11.8 Å². The fraction of sp³-hybridized carbons (Fsp3) is 0.222. The van der Waals surface area contributed by atoms with E-state index in [9.17, 15) is 4.39 Å². The zero-order valence-corrected chi connectivity index (χ0v) is 8.14. The molecule has 0 fully saturated rings. The number of nitrogens with one attached hydrogen (secondary N) is 1. The zero-order chi connectivity index (χ0) is 9.52. The molecule has 0 aromatic heterocycles. The van der Waals surface area contributed by atoms with E-state index in [0.717, 1.165) is 17.1 Å². The smallest absolute Gasteiger partial charge is 0.175 e. The SMILES string of the molecule is C/C(=C\C=C/N=CF)C1=CSCN1. The van der Waals surface area contributed by atoms with Crippen molar-refractivity contribution in [2.45, 2.75) is 6.92 Å². The molecule has 0 saturated carbocycles. The van der Waals surface area contributed by atoms with Gasteiger partial charge in [-0.2, -0.15) is 4.39 Å². The van der Waals surface area contributed by atoms with Crippen LogP contribution in [0.3, 0.4) is 0 Å². The van der Waals surface area contributed by atoms with Gasteiger partial charge in [0.15, 0.2) is 6.47 Å². The summed E-state index contributed by atoms with van der Waals surface area (Å²) in [7, 11) is 0. The lowest BCUT2D eigenvalue weighted by atomic mass is 10.2. The highest BCUT2D eigenvalue weighted by Gasteiger charge is 2.03. The van der Waals surface area contributed by atoms with E-state index >= 15 is 0 Å². The Morgan fingerprint density at radius 2 is 2.62 bits per heavy atom. The van der Waals surface area contributed by atoms with E-state index in [2.05, 4.69) is 15.7 Å². The number of aliphatic imine (C=N–C) groups is 1. The summed E-state index contributed by atoms with van der Waals surface area (Å²) in [6, 6.07) is 0. The maximum atomic E-state index is 11.4. The molecular formula is C9H11FN2S. The van der Waals surface area contributed by atoms with Crippen LogP contribution in [-0.4, -0.2) is 12.3 Å². The highest BCUT2D eigenvalue weighted by Crippen LogP contribution is 2.18. The molecule has 2 nitrogen and oxygen atoms in total. The molecule has 1 heterocycles. The first-order chi connectivity index (χ1) is 6.34. The molecule has 0 atom stereocenters. The summed E-state index contributed by atoms with van der Waals surface area (Å²) >= 11 is 1.73. The monoisotopic (exact) mass is 198 g/mol. The number of thioether (sulfide) groups is 1. The van der Waals surface area contributed by atoms with Crippen LogP contribution in [0.15, 0.2) is 40.0 Å². The van der Waals surface area contributed by atoms with Crippen molar-refractivity contribution in [2.75, 3.05) is 5.88 Å². The Bertz CT molecular complexity index is 279. The minimum atomic E-state index is 0.266. The van der Waals surface area contributed by atoms with Crippen LogP contribution in [0.4, 0.5) is 4.39 Å². The molecule has 1 aliphatic rings. The lowest BCUT2D eigenvalue weighted by Crippen LogP contribution is -2.06. The summed E-state index contributed by atoms with van der Waals surface area (Å²) in [6.45, 7) is 2.26. The Morgan fingerprint density at radius 1 is 1.77 bits per heavy atom. The fourth-order valence-corrected chi connectivity index (χ4v) is 1.64. The van der Waals surface area contributed by atoms with Crippen molar-refractivity contribution >= 4 is 18.2 Å². The van der Waals surface area contributed by atoms with Crippen LogP contribution in [0.2, 0.25) is 0 Å². The van der Waals surface area contributed by atoms with Crippen LogP contribution in [-0.2, 0) is 0 Å². The predicted octanol–water partition coefficient (Wildman–Crippen LogP) is 2.58. The lowest BCUT2D eigenvalue weighted by Gasteiger charge is -2.00. The van der Waals surface area contributed by atoms with Gasteiger partial charge in [-0.25, -0.2) is 4.99 Å². The molecule has 0 spiro atoms. The Balaban J connectivity index is 2.50. The third-order valence-electron chi connectivity index (χ3n) is 1.55. The quantitative estimate of drug-likeness (QED) is 0.556. The standard InChI is InChI=1S/C9H11FN2S/c1-8(3-2-4-11-6-10)9-5-13-7-12-9/h2-6,12H,7H2,1H3/b4-2-,8-3+,11-6?. The average molecular weight is 198 g/mol. The second kappa shape index (κ2) is 5.59. The zero-order valence-electron chi connectivity index (χ0n) is 7.33. The molecule has 0 bridgehead atoms. The van der Waals surface area contributed by atoms with Gasteiger partial charge >= 0.3 is 0 Å². The number of hydrogen-bond acceptors (Lipinski definition) is 3. The Labute approximate surface area is 81.3 Å².